The van der Waals surface area contributed by atoms with E-state index in [1.54, 1.807) is 24.3 Å². The van der Waals surface area contributed by atoms with Gasteiger partial charge in [-0.3, -0.25) is 4.79 Å². The number of amides is 1. The lowest BCUT2D eigenvalue weighted by molar-refractivity contribution is -0.115. The molecule has 7 heteroatoms. The average molecular weight is 403 g/mol. The number of hydrogen-bond donors (Lipinski definition) is 1. The Hall–Kier alpha value is -1.83. The summed E-state index contributed by atoms with van der Waals surface area (Å²) in [6.45, 7) is 1.08. The van der Waals surface area contributed by atoms with Crippen LogP contribution in [0.4, 0.5) is 5.69 Å². The highest BCUT2D eigenvalue weighted by molar-refractivity contribution is 8.01. The van der Waals surface area contributed by atoms with E-state index < -0.39 is 10.0 Å². The number of sulfonamides is 1. The zero-order valence-electron chi connectivity index (χ0n) is 14.9. The second-order valence-corrected chi connectivity index (χ2v) is 10.0. The molecule has 2 heterocycles. The van der Waals surface area contributed by atoms with Gasteiger partial charge in [0.05, 0.1) is 10.9 Å². The van der Waals surface area contributed by atoms with Gasteiger partial charge in [-0.05, 0) is 43.0 Å². The van der Waals surface area contributed by atoms with Crippen LogP contribution in [0, 0.1) is 0 Å². The van der Waals surface area contributed by atoms with Crippen molar-refractivity contribution in [2.24, 2.45) is 0 Å². The molecule has 0 spiro atoms. The minimum Gasteiger partial charge on any atom is -0.324 e. The van der Waals surface area contributed by atoms with Crippen molar-refractivity contribution in [2.75, 3.05) is 18.4 Å². The van der Waals surface area contributed by atoms with Crippen LogP contribution >= 0.6 is 11.8 Å². The fraction of sp³-hybridized carbons (Fsp3) is 0.350. The van der Waals surface area contributed by atoms with Crippen molar-refractivity contribution in [3.05, 3.63) is 54.1 Å². The van der Waals surface area contributed by atoms with Crippen LogP contribution in [0.3, 0.4) is 0 Å². The van der Waals surface area contributed by atoms with E-state index in [1.165, 1.54) is 16.1 Å². The van der Waals surface area contributed by atoms with E-state index in [0.29, 0.717) is 25.2 Å². The fourth-order valence-electron chi connectivity index (χ4n) is 3.58. The lowest BCUT2D eigenvalue weighted by Crippen LogP contribution is -2.36. The van der Waals surface area contributed by atoms with Gasteiger partial charge in [0.15, 0.2) is 0 Å². The molecule has 5 nitrogen and oxygen atoms in total. The number of para-hydroxylation sites is 1. The summed E-state index contributed by atoms with van der Waals surface area (Å²) in [7, 11) is -3.60. The molecule has 1 fully saturated rings. The van der Waals surface area contributed by atoms with Crippen LogP contribution in [0.15, 0.2) is 58.3 Å². The first-order valence-electron chi connectivity index (χ1n) is 9.20. The second kappa shape index (κ2) is 7.66. The molecule has 0 aromatic heterocycles. The SMILES string of the molecule is O=C(Nc1ccccc1S(=O)(=O)N1CCCCC1)C1Cc2ccccc2S1. The largest absolute Gasteiger partial charge is 0.324 e. The maximum absolute atomic E-state index is 13.1. The Morgan fingerprint density at radius 1 is 1.00 bits per heavy atom. The van der Waals surface area contributed by atoms with E-state index in [0.717, 1.165) is 29.7 Å². The van der Waals surface area contributed by atoms with E-state index in [9.17, 15) is 13.2 Å². The molecule has 1 saturated heterocycles. The summed E-state index contributed by atoms with van der Waals surface area (Å²) in [6.07, 6.45) is 3.48. The number of benzene rings is 2. The van der Waals surface area contributed by atoms with Gasteiger partial charge in [-0.2, -0.15) is 4.31 Å². The van der Waals surface area contributed by atoms with Gasteiger partial charge in [0.1, 0.15) is 4.90 Å². The third-order valence-corrected chi connectivity index (χ3v) is 8.29. The van der Waals surface area contributed by atoms with Crippen molar-refractivity contribution in [3.8, 4) is 0 Å². The van der Waals surface area contributed by atoms with Crippen LogP contribution in [0.2, 0.25) is 0 Å². The Morgan fingerprint density at radius 3 is 2.48 bits per heavy atom. The first-order chi connectivity index (χ1) is 13.1. The molecule has 0 radical (unpaired) electrons. The Labute approximate surface area is 164 Å². The van der Waals surface area contributed by atoms with Crippen LogP contribution in [-0.4, -0.2) is 37.0 Å². The molecule has 4 rings (SSSR count). The van der Waals surface area contributed by atoms with Crippen LogP contribution in [0.5, 0.6) is 0 Å². The van der Waals surface area contributed by atoms with Crippen molar-refractivity contribution in [2.45, 2.75) is 40.7 Å². The number of piperidine rings is 1. The standard InChI is InChI=1S/C20H22N2O3S2/c23-20(18-14-15-8-2-4-10-17(15)26-18)21-16-9-3-5-11-19(16)27(24,25)22-12-6-1-7-13-22/h2-5,8-11,18H,1,6-7,12-14H2,(H,21,23). The van der Waals surface area contributed by atoms with E-state index >= 15 is 0 Å². The summed E-state index contributed by atoms with van der Waals surface area (Å²) in [6, 6.07) is 14.7. The molecule has 0 saturated carbocycles. The molecule has 0 aliphatic carbocycles. The van der Waals surface area contributed by atoms with Crippen LogP contribution in [0.25, 0.3) is 0 Å². The summed E-state index contributed by atoms with van der Waals surface area (Å²) >= 11 is 1.53. The van der Waals surface area contributed by atoms with E-state index in [2.05, 4.69) is 5.32 Å². The molecule has 2 aliphatic rings. The molecule has 2 aromatic carbocycles. The van der Waals surface area contributed by atoms with Crippen LogP contribution < -0.4 is 5.32 Å². The minimum atomic E-state index is -3.60. The number of rotatable bonds is 4. The minimum absolute atomic E-state index is 0.155. The lowest BCUT2D eigenvalue weighted by atomic mass is 10.1. The summed E-state index contributed by atoms with van der Waals surface area (Å²) in [5, 5.41) is 2.62. The maximum atomic E-state index is 13.1. The highest BCUT2D eigenvalue weighted by Crippen LogP contribution is 2.37. The zero-order valence-corrected chi connectivity index (χ0v) is 16.6. The Morgan fingerprint density at radius 2 is 1.70 bits per heavy atom. The summed E-state index contributed by atoms with van der Waals surface area (Å²) in [4.78, 5) is 14.1. The summed E-state index contributed by atoms with van der Waals surface area (Å²) in [5.74, 6) is -0.155. The van der Waals surface area contributed by atoms with Gasteiger partial charge < -0.3 is 5.32 Å². The number of hydrogen-bond acceptors (Lipinski definition) is 4. The number of carbonyl (C=O) groups excluding carboxylic acids is 1. The summed E-state index contributed by atoms with van der Waals surface area (Å²) in [5.41, 5.74) is 1.53. The monoisotopic (exact) mass is 402 g/mol. The third kappa shape index (κ3) is 3.77. The number of anilines is 1. The number of nitrogens with one attached hydrogen (secondary N) is 1. The van der Waals surface area contributed by atoms with Gasteiger partial charge in [0.2, 0.25) is 15.9 Å². The average Bonchev–Trinajstić information content (AvgIpc) is 3.13. The highest BCUT2D eigenvalue weighted by Gasteiger charge is 2.31. The first-order valence-corrected chi connectivity index (χ1v) is 11.5. The van der Waals surface area contributed by atoms with Gasteiger partial charge in [-0.1, -0.05) is 36.8 Å². The van der Waals surface area contributed by atoms with Gasteiger partial charge in [-0.25, -0.2) is 8.42 Å². The molecular formula is C20H22N2O3S2. The van der Waals surface area contributed by atoms with Crippen molar-refractivity contribution in [1.29, 1.82) is 0 Å². The normalized spacial score (nSPS) is 20.2. The van der Waals surface area contributed by atoms with Crippen LogP contribution in [-0.2, 0) is 21.2 Å². The van der Waals surface area contributed by atoms with Crippen molar-refractivity contribution in [3.63, 3.8) is 0 Å². The molecule has 2 aromatic rings. The molecule has 2 aliphatic heterocycles. The van der Waals surface area contributed by atoms with E-state index in [1.807, 2.05) is 24.3 Å². The van der Waals surface area contributed by atoms with Crippen LogP contribution in [0.1, 0.15) is 24.8 Å². The fourth-order valence-corrected chi connectivity index (χ4v) is 6.44. The van der Waals surface area contributed by atoms with E-state index in [4.69, 9.17) is 0 Å². The molecule has 142 valence electrons. The molecular weight excluding hydrogens is 380 g/mol. The van der Waals surface area contributed by atoms with Crippen molar-refractivity contribution >= 4 is 33.4 Å². The lowest BCUT2D eigenvalue weighted by Gasteiger charge is -2.27. The van der Waals surface area contributed by atoms with Crippen molar-refractivity contribution in [1.82, 2.24) is 4.31 Å². The molecule has 1 atom stereocenters. The molecule has 0 bridgehead atoms. The molecule has 1 unspecified atom stereocenters. The maximum Gasteiger partial charge on any atom is 0.245 e. The van der Waals surface area contributed by atoms with Gasteiger partial charge in [-0.15, -0.1) is 11.8 Å². The van der Waals surface area contributed by atoms with Gasteiger partial charge >= 0.3 is 0 Å². The number of carbonyl (C=O) groups is 1. The predicted octanol–water partition coefficient (Wildman–Crippen LogP) is 3.52. The predicted molar refractivity (Wildman–Crippen MR) is 107 cm³/mol. The number of thioether (sulfide) groups is 1. The van der Waals surface area contributed by atoms with Gasteiger partial charge in [0, 0.05) is 18.0 Å². The molecule has 1 N–H and O–H groups in total. The summed E-state index contributed by atoms with van der Waals surface area (Å²) < 4.78 is 27.6. The second-order valence-electron chi connectivity index (χ2n) is 6.87. The first kappa shape index (κ1) is 18.5. The number of nitrogens with zero attached hydrogens (tertiary/aromatic N) is 1. The number of fused-ring (bicyclic) bond motifs is 1. The highest BCUT2D eigenvalue weighted by atomic mass is 32.2. The van der Waals surface area contributed by atoms with E-state index in [-0.39, 0.29) is 16.1 Å². The Kier molecular flexibility index (Phi) is 5.25. The Balaban J connectivity index is 1.54. The zero-order chi connectivity index (χ0) is 18.9. The molecule has 27 heavy (non-hydrogen) atoms. The quantitative estimate of drug-likeness (QED) is 0.850. The Bertz CT molecular complexity index is 928. The van der Waals surface area contributed by atoms with Crippen molar-refractivity contribution < 1.29 is 13.2 Å². The molecule has 1 amide bonds. The third-order valence-electron chi connectivity index (χ3n) is 5.02. The topological polar surface area (TPSA) is 66.5 Å². The smallest absolute Gasteiger partial charge is 0.245 e. The van der Waals surface area contributed by atoms with Gasteiger partial charge in [0.25, 0.3) is 0 Å².